The van der Waals surface area contributed by atoms with Crippen molar-refractivity contribution in [2.45, 2.75) is 0 Å². The first-order valence-corrected chi connectivity index (χ1v) is 7.37. The summed E-state index contributed by atoms with van der Waals surface area (Å²) in [5.41, 5.74) is 2.59. The van der Waals surface area contributed by atoms with Crippen LogP contribution in [-0.4, -0.2) is 31.1 Å². The molecule has 0 saturated heterocycles. The standard InChI is InChI=1S/C15H10ClN7O/c16-9-1-2-13-11(7-9)19-12(15-20-21-22-23(13)15)8-14(24)18-10-3-5-17-6-4-10/h1-8,19H,(H,17,18,24)/b12-8-. The maximum Gasteiger partial charge on any atom is 0.250 e. The van der Waals surface area contributed by atoms with E-state index in [4.69, 9.17) is 11.6 Å². The second-order valence-corrected chi connectivity index (χ2v) is 5.42. The number of amides is 1. The molecule has 2 N–H and O–H groups in total. The molecule has 2 aromatic heterocycles. The average Bonchev–Trinajstić information content (AvgIpc) is 3.05. The van der Waals surface area contributed by atoms with E-state index in [1.54, 1.807) is 47.4 Å². The minimum atomic E-state index is -0.316. The van der Waals surface area contributed by atoms with Gasteiger partial charge >= 0.3 is 0 Å². The molecule has 0 aliphatic carbocycles. The lowest BCUT2D eigenvalue weighted by molar-refractivity contribution is -0.111. The Morgan fingerprint density at radius 3 is 2.92 bits per heavy atom. The Balaban J connectivity index is 1.68. The van der Waals surface area contributed by atoms with Crippen molar-refractivity contribution >= 4 is 34.6 Å². The number of halogens is 1. The van der Waals surface area contributed by atoms with Gasteiger partial charge in [-0.15, -0.1) is 5.10 Å². The van der Waals surface area contributed by atoms with Gasteiger partial charge in [0, 0.05) is 29.2 Å². The lowest BCUT2D eigenvalue weighted by atomic mass is 10.2. The third-order valence-corrected chi connectivity index (χ3v) is 3.62. The molecule has 4 rings (SSSR count). The van der Waals surface area contributed by atoms with Gasteiger partial charge in [0.1, 0.15) is 0 Å². The van der Waals surface area contributed by atoms with E-state index in [2.05, 4.69) is 31.1 Å². The van der Waals surface area contributed by atoms with Gasteiger partial charge in [-0.25, -0.2) is 0 Å². The minimum absolute atomic E-state index is 0.316. The number of hydrogen-bond acceptors (Lipinski definition) is 6. The summed E-state index contributed by atoms with van der Waals surface area (Å²) in [6.07, 6.45) is 4.59. The van der Waals surface area contributed by atoms with E-state index in [0.717, 1.165) is 5.69 Å². The fourth-order valence-corrected chi connectivity index (χ4v) is 2.53. The van der Waals surface area contributed by atoms with Crippen LogP contribution in [0.4, 0.5) is 11.4 Å². The summed E-state index contributed by atoms with van der Waals surface area (Å²) in [6, 6.07) is 8.69. The number of anilines is 2. The summed E-state index contributed by atoms with van der Waals surface area (Å²) in [6.45, 7) is 0. The molecular weight excluding hydrogens is 330 g/mol. The SMILES string of the molecule is O=C(/C=C1\Nc2cc(Cl)ccc2-n2nnnc21)Nc1ccncc1. The van der Waals surface area contributed by atoms with Crippen molar-refractivity contribution in [3.63, 3.8) is 0 Å². The number of fused-ring (bicyclic) bond motifs is 3. The number of tetrazole rings is 1. The molecule has 3 aromatic rings. The number of nitrogens with zero attached hydrogens (tertiary/aromatic N) is 5. The van der Waals surface area contributed by atoms with Gasteiger partial charge in [-0.3, -0.25) is 9.78 Å². The van der Waals surface area contributed by atoms with E-state index in [9.17, 15) is 4.79 Å². The van der Waals surface area contributed by atoms with Crippen molar-refractivity contribution < 1.29 is 4.79 Å². The maximum atomic E-state index is 12.2. The Hall–Kier alpha value is -3.26. The highest BCUT2D eigenvalue weighted by Gasteiger charge is 2.23. The van der Waals surface area contributed by atoms with E-state index < -0.39 is 0 Å². The second-order valence-electron chi connectivity index (χ2n) is 4.98. The quantitative estimate of drug-likeness (QED) is 0.694. The normalized spacial score (nSPS) is 13.8. The number of benzene rings is 1. The number of carbonyl (C=O) groups excluding carboxylic acids is 1. The molecule has 0 unspecified atom stereocenters. The molecule has 1 aliphatic heterocycles. The van der Waals surface area contributed by atoms with Gasteiger partial charge in [0.2, 0.25) is 5.82 Å². The first kappa shape index (κ1) is 14.3. The predicted molar refractivity (Wildman–Crippen MR) is 88.6 cm³/mol. The van der Waals surface area contributed by atoms with Gasteiger partial charge in [0.15, 0.2) is 0 Å². The van der Waals surface area contributed by atoms with Gasteiger partial charge in [0.05, 0.1) is 17.1 Å². The Labute approximate surface area is 141 Å². The summed E-state index contributed by atoms with van der Waals surface area (Å²) in [4.78, 5) is 16.1. The summed E-state index contributed by atoms with van der Waals surface area (Å²) in [7, 11) is 0. The number of aromatic nitrogens is 5. The molecule has 0 atom stereocenters. The van der Waals surface area contributed by atoms with Crippen molar-refractivity contribution in [1.29, 1.82) is 0 Å². The fraction of sp³-hybridized carbons (Fsp3) is 0. The Morgan fingerprint density at radius 1 is 1.25 bits per heavy atom. The first-order chi connectivity index (χ1) is 11.7. The largest absolute Gasteiger partial charge is 0.350 e. The van der Waals surface area contributed by atoms with Crippen molar-refractivity contribution in [2.75, 3.05) is 10.6 Å². The highest BCUT2D eigenvalue weighted by Crippen LogP contribution is 2.32. The lowest BCUT2D eigenvalue weighted by Gasteiger charge is -2.20. The van der Waals surface area contributed by atoms with Crippen LogP contribution in [0.5, 0.6) is 0 Å². The van der Waals surface area contributed by atoms with Gasteiger partial charge in [-0.1, -0.05) is 11.6 Å². The van der Waals surface area contributed by atoms with Gasteiger partial charge < -0.3 is 10.6 Å². The number of nitrogens with one attached hydrogen (secondary N) is 2. The fourth-order valence-electron chi connectivity index (χ4n) is 2.36. The van der Waals surface area contributed by atoms with Crippen LogP contribution in [0.3, 0.4) is 0 Å². The van der Waals surface area contributed by atoms with Gasteiger partial charge in [-0.05, 0) is 40.8 Å². The maximum absolute atomic E-state index is 12.2. The van der Waals surface area contributed by atoms with E-state index in [1.165, 1.54) is 6.08 Å². The molecule has 1 aromatic carbocycles. The zero-order valence-corrected chi connectivity index (χ0v) is 12.9. The van der Waals surface area contributed by atoms with Crippen molar-refractivity contribution in [3.8, 4) is 5.69 Å². The van der Waals surface area contributed by atoms with Crippen LogP contribution in [0.1, 0.15) is 5.82 Å². The lowest BCUT2D eigenvalue weighted by Crippen LogP contribution is -2.18. The molecule has 118 valence electrons. The zero-order valence-electron chi connectivity index (χ0n) is 12.1. The van der Waals surface area contributed by atoms with Crippen LogP contribution in [0.25, 0.3) is 11.4 Å². The number of rotatable bonds is 2. The topological polar surface area (TPSA) is 97.6 Å². The molecule has 1 amide bonds. The van der Waals surface area contributed by atoms with Gasteiger partial charge in [0.25, 0.3) is 5.91 Å². The van der Waals surface area contributed by atoms with Crippen LogP contribution in [-0.2, 0) is 4.79 Å². The molecule has 1 aliphatic rings. The monoisotopic (exact) mass is 339 g/mol. The molecule has 8 nitrogen and oxygen atoms in total. The Morgan fingerprint density at radius 2 is 2.08 bits per heavy atom. The third-order valence-electron chi connectivity index (χ3n) is 3.39. The number of pyridine rings is 1. The molecule has 0 spiro atoms. The molecule has 24 heavy (non-hydrogen) atoms. The molecule has 9 heteroatoms. The second kappa shape index (κ2) is 5.74. The van der Waals surface area contributed by atoms with Crippen molar-refractivity contribution in [1.82, 2.24) is 25.2 Å². The van der Waals surface area contributed by atoms with E-state index >= 15 is 0 Å². The van der Waals surface area contributed by atoms with Crippen molar-refractivity contribution in [2.24, 2.45) is 0 Å². The van der Waals surface area contributed by atoms with E-state index in [1.807, 2.05) is 0 Å². The Bertz CT molecular complexity index is 951. The van der Waals surface area contributed by atoms with Crippen LogP contribution < -0.4 is 10.6 Å². The van der Waals surface area contributed by atoms with Crippen LogP contribution in [0.15, 0.2) is 48.8 Å². The van der Waals surface area contributed by atoms with E-state index in [0.29, 0.717) is 27.9 Å². The zero-order chi connectivity index (χ0) is 16.5. The number of hydrogen-bond donors (Lipinski definition) is 2. The summed E-state index contributed by atoms with van der Waals surface area (Å²) in [5.74, 6) is 0.124. The molecule has 0 radical (unpaired) electrons. The van der Waals surface area contributed by atoms with E-state index in [-0.39, 0.29) is 5.91 Å². The highest BCUT2D eigenvalue weighted by atomic mass is 35.5. The van der Waals surface area contributed by atoms with Gasteiger partial charge in [-0.2, -0.15) is 4.68 Å². The first-order valence-electron chi connectivity index (χ1n) is 6.99. The van der Waals surface area contributed by atoms with Crippen LogP contribution in [0, 0.1) is 0 Å². The molecule has 0 fully saturated rings. The third kappa shape index (κ3) is 2.59. The molecular formula is C15H10ClN7O. The summed E-state index contributed by atoms with van der Waals surface area (Å²) >= 11 is 6.03. The number of carbonyl (C=O) groups is 1. The summed E-state index contributed by atoms with van der Waals surface area (Å²) < 4.78 is 1.55. The average molecular weight is 340 g/mol. The smallest absolute Gasteiger partial charge is 0.250 e. The van der Waals surface area contributed by atoms with Crippen LogP contribution >= 0.6 is 11.6 Å². The molecule has 0 bridgehead atoms. The van der Waals surface area contributed by atoms with Crippen LogP contribution in [0.2, 0.25) is 5.02 Å². The predicted octanol–water partition coefficient (Wildman–Crippen LogP) is 2.12. The minimum Gasteiger partial charge on any atom is -0.350 e. The van der Waals surface area contributed by atoms with Crippen molar-refractivity contribution in [3.05, 3.63) is 59.6 Å². The Kier molecular flexibility index (Phi) is 3.43. The molecule has 0 saturated carbocycles. The summed E-state index contributed by atoms with van der Waals surface area (Å²) in [5, 5.41) is 18.1. The molecule has 3 heterocycles. The highest BCUT2D eigenvalue weighted by molar-refractivity contribution is 6.31.